The minimum absolute atomic E-state index is 0.348. The molecule has 7 nitrogen and oxygen atoms in total. The molecule has 0 spiro atoms. The monoisotopic (exact) mass is 381 g/mol. The summed E-state index contributed by atoms with van der Waals surface area (Å²) in [6, 6.07) is 14.5. The molecule has 0 unspecified atom stereocenters. The number of hydrogen-bond donors (Lipinski definition) is 1. The molecular formula is C19H15N3O4S. The molecular weight excluding hydrogens is 366 g/mol. The third-order valence-electron chi connectivity index (χ3n) is 3.94. The topological polar surface area (TPSA) is 86.5 Å². The summed E-state index contributed by atoms with van der Waals surface area (Å²) in [5.74, 6) is 1.37. The summed E-state index contributed by atoms with van der Waals surface area (Å²) in [6.07, 6.45) is 0. The highest BCUT2D eigenvalue weighted by molar-refractivity contribution is 7.18. The van der Waals surface area contributed by atoms with Crippen LogP contribution in [0.5, 0.6) is 11.5 Å². The molecule has 0 aliphatic carbocycles. The van der Waals surface area contributed by atoms with Gasteiger partial charge in [0, 0.05) is 5.39 Å². The third-order valence-corrected chi connectivity index (χ3v) is 4.82. The average molecular weight is 381 g/mol. The first kappa shape index (κ1) is 17.0. The van der Waals surface area contributed by atoms with Crippen molar-refractivity contribution in [1.29, 1.82) is 0 Å². The van der Waals surface area contributed by atoms with E-state index in [1.54, 1.807) is 38.5 Å². The maximum absolute atomic E-state index is 12.4. The number of nitrogens with zero attached hydrogens (tertiary/aromatic N) is 2. The number of anilines is 2. The standard InChI is InChI=1S/C19H15N3O4S/c1-24-12-7-8-15-11(9-12)10-13(18(23)26-15)17-21-22-19(27-17)20-14-5-3-4-6-16(14)25-2/h3-10H,1-2H3,(H,20,22). The summed E-state index contributed by atoms with van der Waals surface area (Å²) < 4.78 is 15.9. The third kappa shape index (κ3) is 3.34. The Morgan fingerprint density at radius 3 is 2.70 bits per heavy atom. The Hall–Kier alpha value is -3.39. The lowest BCUT2D eigenvalue weighted by atomic mass is 10.2. The van der Waals surface area contributed by atoms with E-state index in [-0.39, 0.29) is 0 Å². The van der Waals surface area contributed by atoms with E-state index in [9.17, 15) is 4.79 Å². The van der Waals surface area contributed by atoms with Gasteiger partial charge in [-0.3, -0.25) is 0 Å². The van der Waals surface area contributed by atoms with Crippen LogP contribution in [0, 0.1) is 0 Å². The van der Waals surface area contributed by atoms with E-state index < -0.39 is 5.63 Å². The summed E-state index contributed by atoms with van der Waals surface area (Å²) >= 11 is 1.25. The Morgan fingerprint density at radius 2 is 1.89 bits per heavy atom. The number of hydrogen-bond acceptors (Lipinski definition) is 8. The second-order valence-electron chi connectivity index (χ2n) is 5.59. The van der Waals surface area contributed by atoms with Gasteiger partial charge in [-0.25, -0.2) is 4.79 Å². The molecule has 0 aliphatic rings. The zero-order valence-corrected chi connectivity index (χ0v) is 15.4. The van der Waals surface area contributed by atoms with Gasteiger partial charge in [-0.05, 0) is 36.4 Å². The van der Waals surface area contributed by atoms with Crippen molar-refractivity contribution in [2.45, 2.75) is 0 Å². The van der Waals surface area contributed by atoms with Crippen molar-refractivity contribution in [3.05, 3.63) is 59.0 Å². The molecule has 0 fully saturated rings. The van der Waals surface area contributed by atoms with Gasteiger partial charge in [0.25, 0.3) is 0 Å². The predicted molar refractivity (Wildman–Crippen MR) is 104 cm³/mol. The Labute approximate surface area is 158 Å². The molecule has 2 aromatic heterocycles. The fraction of sp³-hybridized carbons (Fsp3) is 0.105. The minimum Gasteiger partial charge on any atom is -0.497 e. The van der Waals surface area contributed by atoms with Crippen molar-refractivity contribution < 1.29 is 13.9 Å². The van der Waals surface area contributed by atoms with Crippen LogP contribution in [0.4, 0.5) is 10.8 Å². The second kappa shape index (κ2) is 7.08. The van der Waals surface area contributed by atoms with E-state index in [2.05, 4.69) is 15.5 Å². The summed E-state index contributed by atoms with van der Waals surface area (Å²) in [5.41, 5.74) is 1.13. The Bertz CT molecular complexity index is 1170. The van der Waals surface area contributed by atoms with Crippen LogP contribution in [0.3, 0.4) is 0 Å². The van der Waals surface area contributed by atoms with Gasteiger partial charge in [-0.1, -0.05) is 23.5 Å². The first-order valence-corrected chi connectivity index (χ1v) is 8.85. The van der Waals surface area contributed by atoms with Crippen LogP contribution >= 0.6 is 11.3 Å². The van der Waals surface area contributed by atoms with Gasteiger partial charge in [-0.15, -0.1) is 10.2 Å². The summed E-state index contributed by atoms with van der Waals surface area (Å²) in [5, 5.41) is 13.1. The molecule has 0 atom stereocenters. The zero-order chi connectivity index (χ0) is 18.8. The fourth-order valence-electron chi connectivity index (χ4n) is 2.62. The summed E-state index contributed by atoms with van der Waals surface area (Å²) in [6.45, 7) is 0. The van der Waals surface area contributed by atoms with E-state index in [1.165, 1.54) is 11.3 Å². The number of rotatable bonds is 5. The molecule has 2 heterocycles. The van der Waals surface area contributed by atoms with Crippen molar-refractivity contribution in [2.75, 3.05) is 19.5 Å². The smallest absolute Gasteiger partial charge is 0.346 e. The maximum atomic E-state index is 12.4. The van der Waals surface area contributed by atoms with E-state index in [0.717, 1.165) is 11.1 Å². The highest BCUT2D eigenvalue weighted by atomic mass is 32.1. The second-order valence-corrected chi connectivity index (χ2v) is 6.57. The SMILES string of the molecule is COc1ccc2oc(=O)c(-c3nnc(Nc4ccccc4OC)s3)cc2c1. The molecule has 0 radical (unpaired) electrons. The number of ether oxygens (including phenoxy) is 2. The van der Waals surface area contributed by atoms with Crippen LogP contribution in [0.1, 0.15) is 0 Å². The van der Waals surface area contributed by atoms with Crippen molar-refractivity contribution >= 4 is 33.1 Å². The van der Waals surface area contributed by atoms with Crippen LogP contribution in [0.2, 0.25) is 0 Å². The Kier molecular flexibility index (Phi) is 4.47. The minimum atomic E-state index is -0.465. The Morgan fingerprint density at radius 1 is 1.04 bits per heavy atom. The molecule has 0 aliphatic heterocycles. The van der Waals surface area contributed by atoms with Gasteiger partial charge in [-0.2, -0.15) is 0 Å². The number of para-hydroxylation sites is 2. The van der Waals surface area contributed by atoms with Crippen LogP contribution in [0.25, 0.3) is 21.5 Å². The fourth-order valence-corrected chi connectivity index (χ4v) is 3.38. The van der Waals surface area contributed by atoms with Crippen molar-refractivity contribution in [2.24, 2.45) is 0 Å². The Balaban J connectivity index is 1.70. The molecule has 8 heteroatoms. The molecule has 4 aromatic rings. The van der Waals surface area contributed by atoms with E-state index in [1.807, 2.05) is 24.3 Å². The molecule has 2 aromatic carbocycles. The van der Waals surface area contributed by atoms with Crippen molar-refractivity contribution in [3.63, 3.8) is 0 Å². The summed E-state index contributed by atoms with van der Waals surface area (Å²) in [4.78, 5) is 12.4. The van der Waals surface area contributed by atoms with E-state index in [4.69, 9.17) is 13.9 Å². The quantitative estimate of drug-likeness (QED) is 0.521. The lowest BCUT2D eigenvalue weighted by molar-refractivity contribution is 0.415. The lowest BCUT2D eigenvalue weighted by Crippen LogP contribution is -2.02. The van der Waals surface area contributed by atoms with Gasteiger partial charge in [0.15, 0.2) is 5.01 Å². The van der Waals surface area contributed by atoms with Gasteiger partial charge >= 0.3 is 5.63 Å². The number of aromatic nitrogens is 2. The molecule has 136 valence electrons. The number of fused-ring (bicyclic) bond motifs is 1. The van der Waals surface area contributed by atoms with E-state index >= 15 is 0 Å². The van der Waals surface area contributed by atoms with Crippen LogP contribution in [-0.4, -0.2) is 24.4 Å². The molecule has 0 saturated heterocycles. The van der Waals surface area contributed by atoms with Crippen molar-refractivity contribution in [1.82, 2.24) is 10.2 Å². The first-order chi connectivity index (χ1) is 13.2. The lowest BCUT2D eigenvalue weighted by Gasteiger charge is -2.07. The van der Waals surface area contributed by atoms with Crippen LogP contribution < -0.4 is 20.4 Å². The largest absolute Gasteiger partial charge is 0.497 e. The molecule has 0 bridgehead atoms. The van der Waals surface area contributed by atoms with Crippen molar-refractivity contribution in [3.8, 4) is 22.1 Å². The highest BCUT2D eigenvalue weighted by Gasteiger charge is 2.14. The first-order valence-electron chi connectivity index (χ1n) is 8.04. The molecule has 27 heavy (non-hydrogen) atoms. The highest BCUT2D eigenvalue weighted by Crippen LogP contribution is 2.32. The normalized spacial score (nSPS) is 10.7. The summed E-state index contributed by atoms with van der Waals surface area (Å²) in [7, 11) is 3.18. The van der Waals surface area contributed by atoms with Gasteiger partial charge < -0.3 is 19.2 Å². The molecule has 1 N–H and O–H groups in total. The maximum Gasteiger partial charge on any atom is 0.346 e. The number of nitrogens with one attached hydrogen (secondary N) is 1. The van der Waals surface area contributed by atoms with Gasteiger partial charge in [0.05, 0.1) is 25.5 Å². The zero-order valence-electron chi connectivity index (χ0n) is 14.6. The molecule has 0 amide bonds. The molecule has 0 saturated carbocycles. The van der Waals surface area contributed by atoms with Crippen LogP contribution in [0.15, 0.2) is 57.7 Å². The predicted octanol–water partition coefficient (Wildman–Crippen LogP) is 4.07. The number of benzene rings is 2. The van der Waals surface area contributed by atoms with Gasteiger partial charge in [0.2, 0.25) is 5.13 Å². The van der Waals surface area contributed by atoms with Gasteiger partial charge in [0.1, 0.15) is 17.1 Å². The van der Waals surface area contributed by atoms with E-state index in [0.29, 0.717) is 32.8 Å². The average Bonchev–Trinajstić information content (AvgIpc) is 3.15. The number of methoxy groups -OCH3 is 2. The molecule has 4 rings (SSSR count). The van der Waals surface area contributed by atoms with Crippen LogP contribution in [-0.2, 0) is 0 Å².